The highest BCUT2D eigenvalue weighted by Gasteiger charge is 2.34. The number of carbonyl (C=O) groups excluding carboxylic acids is 1. The number of hydrogen-bond donors (Lipinski definition) is 2. The Hall–Kier alpha value is -3.72. The highest BCUT2D eigenvalue weighted by atomic mass is 19.1. The second kappa shape index (κ2) is 7.70. The van der Waals surface area contributed by atoms with Crippen molar-refractivity contribution in [2.24, 2.45) is 0 Å². The summed E-state index contributed by atoms with van der Waals surface area (Å²) in [5.74, 6) is -0.418. The number of H-pyrrole nitrogens is 1. The van der Waals surface area contributed by atoms with Gasteiger partial charge in [-0.1, -0.05) is 6.07 Å². The number of hydrogen-bond acceptors (Lipinski definition) is 5. The molecule has 2 N–H and O–H groups in total. The highest BCUT2D eigenvalue weighted by Crippen LogP contribution is 2.37. The number of fused-ring (bicyclic) bond motifs is 2. The molecule has 3 aromatic heterocycles. The van der Waals surface area contributed by atoms with E-state index in [1.807, 2.05) is 18.2 Å². The fourth-order valence-corrected chi connectivity index (χ4v) is 4.91. The number of halogens is 1. The van der Waals surface area contributed by atoms with Gasteiger partial charge in [-0.15, -0.1) is 0 Å². The Morgan fingerprint density at radius 1 is 1.18 bits per heavy atom. The van der Waals surface area contributed by atoms with Crippen LogP contribution in [0, 0.1) is 5.82 Å². The van der Waals surface area contributed by atoms with Crippen molar-refractivity contribution in [2.45, 2.75) is 25.0 Å². The van der Waals surface area contributed by atoms with Gasteiger partial charge in [-0.05, 0) is 42.8 Å². The minimum absolute atomic E-state index is 0.0859. The number of nitrogens with zero attached hydrogens (tertiary/aromatic N) is 5. The summed E-state index contributed by atoms with van der Waals surface area (Å²) >= 11 is 0. The van der Waals surface area contributed by atoms with E-state index in [-0.39, 0.29) is 17.8 Å². The van der Waals surface area contributed by atoms with Crippen molar-refractivity contribution in [1.29, 1.82) is 0 Å². The highest BCUT2D eigenvalue weighted by molar-refractivity contribution is 5.95. The number of amides is 1. The molecule has 0 radical (unpaired) electrons. The van der Waals surface area contributed by atoms with Crippen LogP contribution in [0.2, 0.25) is 0 Å². The van der Waals surface area contributed by atoms with Gasteiger partial charge in [-0.3, -0.25) is 4.79 Å². The van der Waals surface area contributed by atoms with Crippen LogP contribution in [0.3, 0.4) is 0 Å². The number of benzene rings is 1. The van der Waals surface area contributed by atoms with Crippen molar-refractivity contribution in [3.63, 3.8) is 0 Å². The van der Waals surface area contributed by atoms with Crippen LogP contribution in [0.15, 0.2) is 55.0 Å². The molecule has 1 fully saturated rings. The first-order valence-corrected chi connectivity index (χ1v) is 11.1. The quantitative estimate of drug-likeness (QED) is 0.505. The van der Waals surface area contributed by atoms with Gasteiger partial charge in [0.15, 0.2) is 0 Å². The smallest absolute Gasteiger partial charge is 0.254 e. The third kappa shape index (κ3) is 3.36. The van der Waals surface area contributed by atoms with E-state index < -0.39 is 6.10 Å². The molecule has 6 rings (SSSR count). The van der Waals surface area contributed by atoms with Crippen molar-refractivity contribution < 1.29 is 14.3 Å². The summed E-state index contributed by atoms with van der Waals surface area (Å²) in [6, 6.07) is 12.0. The molecule has 0 saturated carbocycles. The number of nitrogens with one attached hydrogen (secondary N) is 1. The van der Waals surface area contributed by atoms with Gasteiger partial charge in [-0.2, -0.15) is 5.10 Å². The third-order valence-electron chi connectivity index (χ3n) is 6.55. The molecule has 0 spiro atoms. The molecule has 2 aliphatic heterocycles. The van der Waals surface area contributed by atoms with E-state index in [1.165, 1.54) is 6.07 Å². The van der Waals surface area contributed by atoms with E-state index in [2.05, 4.69) is 20.0 Å². The van der Waals surface area contributed by atoms with Crippen molar-refractivity contribution in [2.75, 3.05) is 24.5 Å². The van der Waals surface area contributed by atoms with E-state index in [9.17, 15) is 14.3 Å². The summed E-state index contributed by atoms with van der Waals surface area (Å²) in [6.07, 6.45) is 4.31. The van der Waals surface area contributed by atoms with Crippen molar-refractivity contribution >= 4 is 17.1 Å². The molecule has 0 aliphatic carbocycles. The lowest BCUT2D eigenvalue weighted by Gasteiger charge is -2.36. The van der Waals surface area contributed by atoms with Crippen LogP contribution in [-0.2, 0) is 6.42 Å². The summed E-state index contributed by atoms with van der Waals surface area (Å²) < 4.78 is 15.9. The largest absolute Gasteiger partial charge is 0.391 e. The predicted octanol–water partition coefficient (Wildman–Crippen LogP) is 2.56. The normalized spacial score (nSPS) is 20.4. The van der Waals surface area contributed by atoms with Gasteiger partial charge in [0.25, 0.3) is 5.91 Å². The maximum absolute atomic E-state index is 14.4. The predicted molar refractivity (Wildman–Crippen MR) is 120 cm³/mol. The number of pyridine rings is 1. The SMILES string of the molecule is O=C(c1cccc(N2CCc3[nH]cnc3[C@@H]2c2cc3c(F)cccn3n2)c1)N1CC[C@@H](O)C1. The van der Waals surface area contributed by atoms with Crippen LogP contribution in [0.5, 0.6) is 0 Å². The number of rotatable bonds is 3. The second-order valence-electron chi connectivity index (χ2n) is 8.61. The zero-order chi connectivity index (χ0) is 22.5. The number of aromatic nitrogens is 4. The molecule has 1 saturated heterocycles. The minimum atomic E-state index is -0.461. The first-order valence-electron chi connectivity index (χ1n) is 11.1. The van der Waals surface area contributed by atoms with E-state index in [4.69, 9.17) is 0 Å². The van der Waals surface area contributed by atoms with Gasteiger partial charge in [0, 0.05) is 49.2 Å². The zero-order valence-electron chi connectivity index (χ0n) is 17.9. The number of anilines is 1. The average molecular weight is 446 g/mol. The van der Waals surface area contributed by atoms with Gasteiger partial charge < -0.3 is 19.9 Å². The number of likely N-dealkylation sites (tertiary alicyclic amines) is 1. The topological polar surface area (TPSA) is 89.8 Å². The van der Waals surface area contributed by atoms with Gasteiger partial charge in [-0.25, -0.2) is 13.9 Å². The monoisotopic (exact) mass is 446 g/mol. The maximum atomic E-state index is 14.4. The molecule has 1 amide bonds. The number of aliphatic hydroxyl groups is 1. The molecule has 1 aromatic carbocycles. The fourth-order valence-electron chi connectivity index (χ4n) is 4.91. The number of imidazole rings is 1. The molecule has 33 heavy (non-hydrogen) atoms. The Morgan fingerprint density at radius 3 is 2.91 bits per heavy atom. The Labute approximate surface area is 189 Å². The number of carbonyl (C=O) groups is 1. The number of aromatic amines is 1. The summed E-state index contributed by atoms with van der Waals surface area (Å²) in [5.41, 5.74) is 4.43. The van der Waals surface area contributed by atoms with Crippen LogP contribution in [0.1, 0.15) is 39.9 Å². The molecule has 168 valence electrons. The van der Waals surface area contributed by atoms with Crippen molar-refractivity contribution in [3.05, 3.63) is 83.5 Å². The zero-order valence-corrected chi connectivity index (χ0v) is 17.9. The van der Waals surface area contributed by atoms with Gasteiger partial charge in [0.1, 0.15) is 17.4 Å². The fraction of sp³-hybridized carbons (Fsp3) is 0.292. The first kappa shape index (κ1) is 19.9. The standard InChI is InChI=1S/C24H23FN6O2/c25-18-5-2-8-31-21(18)12-20(28-31)23-22-19(26-14-27-22)7-10-30(23)16-4-1-3-15(11-16)24(33)29-9-6-17(32)13-29/h1-5,8,11-12,14,17,23,32H,6-7,9-10,13H2,(H,26,27)/t17-,23+/m1/s1. The summed E-state index contributed by atoms with van der Waals surface area (Å²) in [6.45, 7) is 1.61. The van der Waals surface area contributed by atoms with Gasteiger partial charge in [0.05, 0.1) is 23.8 Å². The van der Waals surface area contributed by atoms with E-state index >= 15 is 0 Å². The lowest BCUT2D eigenvalue weighted by atomic mass is 9.98. The van der Waals surface area contributed by atoms with Crippen molar-refractivity contribution in [1.82, 2.24) is 24.5 Å². The Morgan fingerprint density at radius 2 is 2.09 bits per heavy atom. The summed E-state index contributed by atoms with van der Waals surface area (Å²) in [4.78, 5) is 24.6. The first-order chi connectivity index (χ1) is 16.1. The molecule has 0 bridgehead atoms. The molecule has 2 aliphatic rings. The van der Waals surface area contributed by atoms with Gasteiger partial charge in [0.2, 0.25) is 0 Å². The Balaban J connectivity index is 1.41. The molecule has 2 atom stereocenters. The maximum Gasteiger partial charge on any atom is 0.254 e. The molecule has 9 heteroatoms. The molecule has 0 unspecified atom stereocenters. The van der Waals surface area contributed by atoms with Gasteiger partial charge >= 0.3 is 0 Å². The average Bonchev–Trinajstić information content (AvgIpc) is 3.57. The van der Waals surface area contributed by atoms with Crippen LogP contribution < -0.4 is 4.90 Å². The van der Waals surface area contributed by atoms with E-state index in [1.54, 1.807) is 40.1 Å². The lowest BCUT2D eigenvalue weighted by molar-refractivity contribution is 0.0765. The minimum Gasteiger partial charge on any atom is -0.391 e. The molecule has 4 aromatic rings. The van der Waals surface area contributed by atoms with Crippen LogP contribution >= 0.6 is 0 Å². The Kier molecular flexibility index (Phi) is 4.65. The van der Waals surface area contributed by atoms with E-state index in [0.717, 1.165) is 23.5 Å². The number of aliphatic hydroxyl groups excluding tert-OH is 1. The Bertz CT molecular complexity index is 1350. The number of β-amino-alcohol motifs (C(OH)–C–C–N with tert-alkyl or cyclic N) is 1. The molecular weight excluding hydrogens is 423 g/mol. The van der Waals surface area contributed by atoms with Crippen LogP contribution in [0.4, 0.5) is 10.1 Å². The van der Waals surface area contributed by atoms with Crippen LogP contribution in [0.25, 0.3) is 5.52 Å². The second-order valence-corrected chi connectivity index (χ2v) is 8.61. The molecular formula is C24H23FN6O2. The van der Waals surface area contributed by atoms with E-state index in [0.29, 0.717) is 42.8 Å². The third-order valence-corrected chi connectivity index (χ3v) is 6.55. The summed E-state index contributed by atoms with van der Waals surface area (Å²) in [5, 5.41) is 14.5. The summed E-state index contributed by atoms with van der Waals surface area (Å²) in [7, 11) is 0. The van der Waals surface area contributed by atoms with Crippen LogP contribution in [-0.4, -0.2) is 61.2 Å². The lowest BCUT2D eigenvalue weighted by Crippen LogP contribution is -2.37. The van der Waals surface area contributed by atoms with Crippen molar-refractivity contribution in [3.8, 4) is 0 Å². The molecule has 5 heterocycles. The molecule has 8 nitrogen and oxygen atoms in total.